The minimum Gasteiger partial charge on any atom is -0.376 e. The zero-order valence-electron chi connectivity index (χ0n) is 7.43. The highest BCUT2D eigenvalue weighted by atomic mass is 19.4. The van der Waals surface area contributed by atoms with Gasteiger partial charge in [0.2, 0.25) is 0 Å². The summed E-state index contributed by atoms with van der Waals surface area (Å²) in [5, 5.41) is 2.11. The topological polar surface area (TPSA) is 34.0 Å². The lowest BCUT2D eigenvalue weighted by Crippen LogP contribution is -2.23. The van der Waals surface area contributed by atoms with E-state index in [1.54, 1.807) is 0 Å². The van der Waals surface area contributed by atoms with Crippen molar-refractivity contribution in [2.24, 2.45) is 7.05 Å². The van der Waals surface area contributed by atoms with Crippen molar-refractivity contribution < 1.29 is 13.2 Å². The van der Waals surface area contributed by atoms with Gasteiger partial charge in [0.25, 0.3) is 5.56 Å². The van der Waals surface area contributed by atoms with Crippen molar-refractivity contribution in [2.45, 2.75) is 6.18 Å². The van der Waals surface area contributed by atoms with Crippen LogP contribution >= 0.6 is 0 Å². The minimum absolute atomic E-state index is 0.172. The number of anilines is 1. The normalized spacial score (nSPS) is 11.4. The molecule has 0 radical (unpaired) electrons. The Hall–Kier alpha value is -1.46. The predicted octanol–water partition coefficient (Wildman–Crippen LogP) is 1.36. The molecule has 1 rings (SSSR count). The van der Waals surface area contributed by atoms with E-state index < -0.39 is 12.7 Å². The molecule has 0 aromatic carbocycles. The van der Waals surface area contributed by atoms with Crippen molar-refractivity contribution >= 4 is 5.69 Å². The maximum Gasteiger partial charge on any atom is 0.405 e. The largest absolute Gasteiger partial charge is 0.405 e. The summed E-state index contributed by atoms with van der Waals surface area (Å²) < 4.78 is 36.6. The maximum absolute atomic E-state index is 11.8. The molecule has 78 valence electrons. The third kappa shape index (κ3) is 3.12. The second-order valence-electron chi connectivity index (χ2n) is 2.83. The summed E-state index contributed by atoms with van der Waals surface area (Å²) in [4.78, 5) is 11.0. The van der Waals surface area contributed by atoms with Gasteiger partial charge in [-0.15, -0.1) is 0 Å². The molecule has 1 N–H and O–H groups in total. The van der Waals surface area contributed by atoms with Gasteiger partial charge in [-0.2, -0.15) is 13.2 Å². The number of hydrogen-bond acceptors (Lipinski definition) is 2. The molecular weight excluding hydrogens is 197 g/mol. The van der Waals surface area contributed by atoms with Crippen LogP contribution in [0.5, 0.6) is 0 Å². The number of halogens is 3. The molecular formula is C8H9F3N2O. The maximum atomic E-state index is 11.8. The van der Waals surface area contributed by atoms with E-state index in [1.165, 1.54) is 23.9 Å². The number of aromatic nitrogens is 1. The molecule has 0 aliphatic carbocycles. The Balaban J connectivity index is 2.70. The Bertz CT molecular complexity index is 370. The molecule has 0 aliphatic rings. The predicted molar refractivity (Wildman–Crippen MR) is 46.2 cm³/mol. The summed E-state index contributed by atoms with van der Waals surface area (Å²) in [6.07, 6.45) is -2.87. The lowest BCUT2D eigenvalue weighted by atomic mass is 10.4. The quantitative estimate of drug-likeness (QED) is 0.792. The van der Waals surface area contributed by atoms with Crippen LogP contribution in [-0.4, -0.2) is 17.3 Å². The average Bonchev–Trinajstić information content (AvgIpc) is 2.06. The van der Waals surface area contributed by atoms with E-state index in [9.17, 15) is 18.0 Å². The first-order chi connectivity index (χ1) is 6.38. The van der Waals surface area contributed by atoms with E-state index in [0.717, 1.165) is 6.07 Å². The smallest absolute Gasteiger partial charge is 0.376 e. The second kappa shape index (κ2) is 3.73. The molecule has 1 heterocycles. The van der Waals surface area contributed by atoms with Crippen molar-refractivity contribution in [1.29, 1.82) is 0 Å². The molecule has 3 nitrogen and oxygen atoms in total. The molecule has 0 saturated carbocycles. The highest BCUT2D eigenvalue weighted by molar-refractivity contribution is 5.41. The second-order valence-corrected chi connectivity index (χ2v) is 2.83. The zero-order chi connectivity index (χ0) is 10.8. The summed E-state index contributed by atoms with van der Waals surface area (Å²) in [6.45, 7) is -1.14. The summed E-state index contributed by atoms with van der Waals surface area (Å²) in [6, 6.07) is 2.53. The molecule has 0 fully saturated rings. The van der Waals surface area contributed by atoms with Crippen molar-refractivity contribution in [3.8, 4) is 0 Å². The molecule has 0 atom stereocenters. The van der Waals surface area contributed by atoms with Gasteiger partial charge in [-0.05, 0) is 6.07 Å². The number of nitrogens with one attached hydrogen (secondary N) is 1. The molecule has 0 bridgehead atoms. The molecule has 0 unspecified atom stereocenters. The molecule has 0 amide bonds. The van der Waals surface area contributed by atoms with Gasteiger partial charge in [-0.25, -0.2) is 0 Å². The third-order valence-corrected chi connectivity index (χ3v) is 1.60. The molecule has 14 heavy (non-hydrogen) atoms. The third-order valence-electron chi connectivity index (χ3n) is 1.60. The van der Waals surface area contributed by atoms with Gasteiger partial charge in [0.1, 0.15) is 6.54 Å². The number of hydrogen-bond donors (Lipinski definition) is 1. The van der Waals surface area contributed by atoms with Crippen molar-refractivity contribution in [2.75, 3.05) is 11.9 Å². The standard InChI is InChI=1S/C8H9F3N2O/c1-13-3-2-6(4-7(13)14)12-5-8(9,10)11/h2-4,12H,5H2,1H3. The Labute approximate surface area is 78.2 Å². The van der Waals surface area contributed by atoms with Crippen LogP contribution in [-0.2, 0) is 7.05 Å². The average molecular weight is 206 g/mol. The lowest BCUT2D eigenvalue weighted by Gasteiger charge is -2.09. The highest BCUT2D eigenvalue weighted by Gasteiger charge is 2.26. The molecule has 0 spiro atoms. The van der Waals surface area contributed by atoms with Gasteiger partial charge < -0.3 is 9.88 Å². The number of alkyl halides is 3. The Morgan fingerprint density at radius 1 is 1.50 bits per heavy atom. The Kier molecular flexibility index (Phi) is 2.83. The van der Waals surface area contributed by atoms with Crippen LogP contribution < -0.4 is 10.9 Å². The van der Waals surface area contributed by atoms with Gasteiger partial charge in [0.15, 0.2) is 0 Å². The zero-order valence-corrected chi connectivity index (χ0v) is 7.43. The van der Waals surface area contributed by atoms with Crippen molar-refractivity contribution in [3.63, 3.8) is 0 Å². The summed E-state index contributed by atoms with van der Waals surface area (Å²) in [5.41, 5.74) is -0.178. The first-order valence-electron chi connectivity index (χ1n) is 3.86. The molecule has 1 aromatic heterocycles. The van der Waals surface area contributed by atoms with Crippen LogP contribution in [0.15, 0.2) is 23.1 Å². The lowest BCUT2D eigenvalue weighted by molar-refractivity contribution is -0.115. The van der Waals surface area contributed by atoms with E-state index in [0.29, 0.717) is 0 Å². The number of rotatable bonds is 2. The van der Waals surface area contributed by atoms with Gasteiger partial charge in [-0.3, -0.25) is 4.79 Å². The minimum atomic E-state index is -4.28. The monoisotopic (exact) mass is 206 g/mol. The van der Waals surface area contributed by atoms with E-state index in [-0.39, 0.29) is 11.2 Å². The van der Waals surface area contributed by atoms with Crippen LogP contribution in [0.2, 0.25) is 0 Å². The first kappa shape index (κ1) is 10.6. The summed E-state index contributed by atoms with van der Waals surface area (Å²) in [5.74, 6) is 0. The summed E-state index contributed by atoms with van der Waals surface area (Å²) >= 11 is 0. The molecule has 1 aromatic rings. The highest BCUT2D eigenvalue weighted by Crippen LogP contribution is 2.15. The molecule has 6 heteroatoms. The molecule has 0 saturated heterocycles. The van der Waals surface area contributed by atoms with Crippen LogP contribution in [0, 0.1) is 0 Å². The van der Waals surface area contributed by atoms with Crippen molar-refractivity contribution in [1.82, 2.24) is 4.57 Å². The van der Waals surface area contributed by atoms with Crippen LogP contribution in [0.25, 0.3) is 0 Å². The van der Waals surface area contributed by atoms with Crippen molar-refractivity contribution in [3.05, 3.63) is 28.7 Å². The number of nitrogens with zero attached hydrogens (tertiary/aromatic N) is 1. The fourth-order valence-electron chi connectivity index (χ4n) is 0.861. The van der Waals surface area contributed by atoms with E-state index in [2.05, 4.69) is 5.32 Å². The Morgan fingerprint density at radius 3 is 2.64 bits per heavy atom. The van der Waals surface area contributed by atoms with Gasteiger partial charge in [-0.1, -0.05) is 0 Å². The summed E-state index contributed by atoms with van der Waals surface area (Å²) in [7, 11) is 1.52. The fraction of sp³-hybridized carbons (Fsp3) is 0.375. The van der Waals surface area contributed by atoms with Crippen LogP contribution in [0.1, 0.15) is 0 Å². The van der Waals surface area contributed by atoms with Gasteiger partial charge in [0, 0.05) is 25.0 Å². The van der Waals surface area contributed by atoms with E-state index >= 15 is 0 Å². The first-order valence-corrected chi connectivity index (χ1v) is 3.86. The van der Waals surface area contributed by atoms with E-state index in [4.69, 9.17) is 0 Å². The van der Waals surface area contributed by atoms with E-state index in [1.807, 2.05) is 0 Å². The fourth-order valence-corrected chi connectivity index (χ4v) is 0.861. The van der Waals surface area contributed by atoms with Gasteiger partial charge in [0.05, 0.1) is 0 Å². The van der Waals surface area contributed by atoms with Crippen LogP contribution in [0.3, 0.4) is 0 Å². The SMILES string of the molecule is Cn1ccc(NCC(F)(F)F)cc1=O. The molecule has 0 aliphatic heterocycles. The van der Waals surface area contributed by atoms with Crippen LogP contribution in [0.4, 0.5) is 18.9 Å². The number of aryl methyl sites for hydroxylation is 1. The Morgan fingerprint density at radius 2 is 2.14 bits per heavy atom. The number of pyridine rings is 1. The van der Waals surface area contributed by atoms with Gasteiger partial charge >= 0.3 is 6.18 Å².